The fourth-order valence-corrected chi connectivity index (χ4v) is 4.81. The van der Waals surface area contributed by atoms with E-state index in [2.05, 4.69) is 10.0 Å². The van der Waals surface area contributed by atoms with Gasteiger partial charge >= 0.3 is 5.97 Å². The number of anilines is 1. The van der Waals surface area contributed by atoms with Crippen LogP contribution < -0.4 is 10.0 Å². The summed E-state index contributed by atoms with van der Waals surface area (Å²) in [6, 6.07) is 4.78. The highest BCUT2D eigenvalue weighted by molar-refractivity contribution is 7.89. The third kappa shape index (κ3) is 4.42. The van der Waals surface area contributed by atoms with E-state index in [-0.39, 0.29) is 22.6 Å². The molecule has 1 aliphatic carbocycles. The van der Waals surface area contributed by atoms with Crippen molar-refractivity contribution in [3.05, 3.63) is 23.8 Å². The fraction of sp³-hybridized carbons (Fsp3) is 0.556. The van der Waals surface area contributed by atoms with Gasteiger partial charge in [0, 0.05) is 18.7 Å². The van der Waals surface area contributed by atoms with Crippen LogP contribution in [0, 0.1) is 11.8 Å². The van der Waals surface area contributed by atoms with E-state index in [1.165, 1.54) is 6.07 Å². The zero-order chi connectivity index (χ0) is 18.7. The van der Waals surface area contributed by atoms with Crippen LogP contribution in [0.3, 0.4) is 0 Å². The van der Waals surface area contributed by atoms with Gasteiger partial charge in [-0.05, 0) is 68.2 Å². The molecule has 3 rings (SSSR count). The van der Waals surface area contributed by atoms with Gasteiger partial charge < -0.3 is 10.4 Å². The Bertz CT molecular complexity index is 798. The Morgan fingerprint density at radius 3 is 2.62 bits per heavy atom. The smallest absolute Gasteiger partial charge is 0.306 e. The standard InChI is InChI=1S/C18H24N2O5S/c21-17-3-1-2-14-10-15(8-9-16(14)20-17)26(24,25)19-11-12-4-6-13(7-5-12)18(22)23/h8-10,12-13,19H,1-7,11H2,(H,20,21)(H,22,23). The van der Waals surface area contributed by atoms with Gasteiger partial charge in [-0.15, -0.1) is 0 Å². The molecule has 1 saturated carbocycles. The second kappa shape index (κ2) is 7.75. The van der Waals surface area contributed by atoms with Gasteiger partial charge in [-0.25, -0.2) is 13.1 Å². The van der Waals surface area contributed by atoms with Gasteiger partial charge in [0.1, 0.15) is 0 Å². The van der Waals surface area contributed by atoms with Crippen molar-refractivity contribution >= 4 is 27.6 Å². The molecule has 0 aromatic heterocycles. The van der Waals surface area contributed by atoms with Gasteiger partial charge in [-0.2, -0.15) is 0 Å². The molecule has 0 bridgehead atoms. The predicted molar refractivity (Wildman–Crippen MR) is 96.3 cm³/mol. The predicted octanol–water partition coefficient (Wildman–Crippen LogP) is 2.13. The van der Waals surface area contributed by atoms with Crippen LogP contribution in [0.25, 0.3) is 0 Å². The van der Waals surface area contributed by atoms with E-state index < -0.39 is 16.0 Å². The van der Waals surface area contributed by atoms with Gasteiger partial charge in [0.2, 0.25) is 15.9 Å². The molecule has 8 heteroatoms. The second-order valence-electron chi connectivity index (χ2n) is 7.13. The maximum atomic E-state index is 12.6. The van der Waals surface area contributed by atoms with Crippen LogP contribution >= 0.6 is 0 Å². The molecule has 0 atom stereocenters. The van der Waals surface area contributed by atoms with Crippen LogP contribution in [-0.4, -0.2) is 31.9 Å². The summed E-state index contributed by atoms with van der Waals surface area (Å²) in [5.41, 5.74) is 1.51. The number of aliphatic carboxylic acids is 1. The van der Waals surface area contributed by atoms with Gasteiger partial charge in [0.15, 0.2) is 0 Å². The summed E-state index contributed by atoms with van der Waals surface area (Å²) in [6.07, 6.45) is 4.43. The van der Waals surface area contributed by atoms with Crippen molar-refractivity contribution in [2.24, 2.45) is 11.8 Å². The molecule has 7 nitrogen and oxygen atoms in total. The molecule has 0 saturated heterocycles. The number of fused-ring (bicyclic) bond motifs is 1. The molecule has 0 unspecified atom stereocenters. The Morgan fingerprint density at radius 2 is 1.92 bits per heavy atom. The Kier molecular flexibility index (Phi) is 5.62. The number of carboxylic acid groups (broad SMARTS) is 1. The Balaban J connectivity index is 1.63. The summed E-state index contributed by atoms with van der Waals surface area (Å²) in [5, 5.41) is 11.8. The van der Waals surface area contributed by atoms with Crippen LogP contribution in [0.2, 0.25) is 0 Å². The van der Waals surface area contributed by atoms with E-state index >= 15 is 0 Å². The Hall–Kier alpha value is -1.93. The number of carbonyl (C=O) groups excluding carboxylic acids is 1. The average Bonchev–Trinajstić information content (AvgIpc) is 2.80. The molecule has 1 fully saturated rings. The molecule has 0 radical (unpaired) electrons. The number of rotatable bonds is 5. The second-order valence-corrected chi connectivity index (χ2v) is 8.90. The highest BCUT2D eigenvalue weighted by atomic mass is 32.2. The number of nitrogens with one attached hydrogen (secondary N) is 2. The maximum Gasteiger partial charge on any atom is 0.306 e. The molecule has 1 aromatic rings. The summed E-state index contributed by atoms with van der Waals surface area (Å²) in [7, 11) is -3.63. The lowest BCUT2D eigenvalue weighted by Crippen LogP contribution is -2.32. The molecule has 2 aliphatic rings. The first-order chi connectivity index (χ1) is 12.3. The molecule has 142 valence electrons. The SMILES string of the molecule is O=C1CCCc2cc(S(=O)(=O)NCC3CCC(C(=O)O)CC3)ccc2N1. The summed E-state index contributed by atoms with van der Waals surface area (Å²) < 4.78 is 27.8. The number of aryl methyl sites for hydroxylation is 1. The molecule has 1 heterocycles. The summed E-state index contributed by atoms with van der Waals surface area (Å²) in [4.78, 5) is 22.8. The summed E-state index contributed by atoms with van der Waals surface area (Å²) in [6.45, 7) is 0.322. The lowest BCUT2D eigenvalue weighted by atomic mass is 9.82. The first-order valence-corrected chi connectivity index (χ1v) is 10.5. The van der Waals surface area contributed by atoms with Gasteiger partial charge in [-0.1, -0.05) is 0 Å². The first kappa shape index (κ1) is 18.8. The number of carbonyl (C=O) groups is 2. The maximum absolute atomic E-state index is 12.6. The highest BCUT2D eigenvalue weighted by Gasteiger charge is 2.27. The van der Waals surface area contributed by atoms with Crippen LogP contribution in [0.4, 0.5) is 5.69 Å². The van der Waals surface area contributed by atoms with E-state index in [9.17, 15) is 18.0 Å². The van der Waals surface area contributed by atoms with Crippen molar-refractivity contribution < 1.29 is 23.1 Å². The molecule has 1 amide bonds. The zero-order valence-electron chi connectivity index (χ0n) is 14.5. The highest BCUT2D eigenvalue weighted by Crippen LogP contribution is 2.29. The van der Waals surface area contributed by atoms with Crippen molar-refractivity contribution in [1.82, 2.24) is 4.72 Å². The molecular formula is C18H24N2O5S. The van der Waals surface area contributed by atoms with Crippen molar-refractivity contribution in [3.63, 3.8) is 0 Å². The normalized spacial score (nSPS) is 23.6. The number of carboxylic acids is 1. The van der Waals surface area contributed by atoms with Crippen LogP contribution in [0.5, 0.6) is 0 Å². The third-order valence-electron chi connectivity index (χ3n) is 5.27. The first-order valence-electron chi connectivity index (χ1n) is 9.00. The van der Waals surface area contributed by atoms with Gasteiger partial charge in [-0.3, -0.25) is 9.59 Å². The average molecular weight is 380 g/mol. The minimum Gasteiger partial charge on any atom is -0.481 e. The lowest BCUT2D eigenvalue weighted by molar-refractivity contribution is -0.143. The van der Waals surface area contributed by atoms with Crippen molar-refractivity contribution in [2.45, 2.75) is 49.8 Å². The van der Waals surface area contributed by atoms with Gasteiger partial charge in [0.25, 0.3) is 0 Å². The molecular weight excluding hydrogens is 356 g/mol. The Labute approximate surface area is 153 Å². The number of benzene rings is 1. The minimum atomic E-state index is -3.63. The minimum absolute atomic E-state index is 0.0468. The number of amides is 1. The molecule has 1 aliphatic heterocycles. The fourth-order valence-electron chi connectivity index (χ4n) is 3.64. The summed E-state index contributed by atoms with van der Waals surface area (Å²) in [5.74, 6) is -0.946. The van der Waals surface area contributed by atoms with Crippen molar-refractivity contribution in [2.75, 3.05) is 11.9 Å². The van der Waals surface area contributed by atoms with Crippen LogP contribution in [0.15, 0.2) is 23.1 Å². The van der Waals surface area contributed by atoms with E-state index in [0.29, 0.717) is 44.3 Å². The van der Waals surface area contributed by atoms with Gasteiger partial charge in [0.05, 0.1) is 10.8 Å². The lowest BCUT2D eigenvalue weighted by Gasteiger charge is -2.26. The number of sulfonamides is 1. The quantitative estimate of drug-likeness (QED) is 0.724. The van der Waals surface area contributed by atoms with E-state index in [4.69, 9.17) is 5.11 Å². The molecule has 1 aromatic carbocycles. The van der Waals surface area contributed by atoms with E-state index in [1.807, 2.05) is 0 Å². The van der Waals surface area contributed by atoms with Crippen molar-refractivity contribution in [3.8, 4) is 0 Å². The van der Waals surface area contributed by atoms with E-state index in [0.717, 1.165) is 18.4 Å². The number of hydrogen-bond donors (Lipinski definition) is 3. The zero-order valence-corrected chi connectivity index (χ0v) is 15.3. The molecule has 0 spiro atoms. The summed E-state index contributed by atoms with van der Waals surface area (Å²) >= 11 is 0. The molecule has 3 N–H and O–H groups in total. The topological polar surface area (TPSA) is 113 Å². The Morgan fingerprint density at radius 1 is 1.19 bits per heavy atom. The monoisotopic (exact) mass is 380 g/mol. The van der Waals surface area contributed by atoms with E-state index in [1.54, 1.807) is 12.1 Å². The van der Waals surface area contributed by atoms with Crippen molar-refractivity contribution in [1.29, 1.82) is 0 Å². The third-order valence-corrected chi connectivity index (χ3v) is 6.69. The van der Waals surface area contributed by atoms with Crippen LogP contribution in [0.1, 0.15) is 44.1 Å². The molecule has 26 heavy (non-hydrogen) atoms. The van der Waals surface area contributed by atoms with Crippen LogP contribution in [-0.2, 0) is 26.0 Å². The number of hydrogen-bond acceptors (Lipinski definition) is 4. The largest absolute Gasteiger partial charge is 0.481 e.